The van der Waals surface area contributed by atoms with Crippen LogP contribution in [0.2, 0.25) is 5.02 Å². The molecule has 0 atom stereocenters. The highest BCUT2D eigenvalue weighted by molar-refractivity contribution is 6.30. The van der Waals surface area contributed by atoms with Gasteiger partial charge in [-0.15, -0.1) is 0 Å². The Hall–Kier alpha value is -4.88. The van der Waals surface area contributed by atoms with Gasteiger partial charge in [-0.05, 0) is 102 Å². The van der Waals surface area contributed by atoms with Crippen LogP contribution in [0.5, 0.6) is 5.75 Å². The number of benzene rings is 4. The first-order valence-corrected chi connectivity index (χ1v) is 13.1. The van der Waals surface area contributed by atoms with Crippen LogP contribution in [0.1, 0.15) is 10.4 Å². The molecular formula is C33H21ClF2N2O3. The molecule has 1 amide bonds. The average Bonchev–Trinajstić information content (AvgIpc) is 2.99. The lowest BCUT2D eigenvalue weighted by Gasteiger charge is -2.29. The fourth-order valence-electron chi connectivity index (χ4n) is 4.66. The molecule has 0 aliphatic carbocycles. The number of carbonyl (C=O) groups is 2. The van der Waals surface area contributed by atoms with E-state index in [1.54, 1.807) is 60.7 Å². The second-order valence-corrected chi connectivity index (χ2v) is 9.96. The van der Waals surface area contributed by atoms with E-state index in [1.165, 1.54) is 29.2 Å². The molecule has 1 aromatic heterocycles. The number of hydrogen-bond acceptors (Lipinski definition) is 4. The van der Waals surface area contributed by atoms with Crippen LogP contribution in [0.25, 0.3) is 33.6 Å². The zero-order chi connectivity index (χ0) is 28.5. The quantitative estimate of drug-likeness (QED) is 0.198. The van der Waals surface area contributed by atoms with Crippen molar-refractivity contribution in [2.45, 2.75) is 0 Å². The molecule has 6 rings (SSSR count). The summed E-state index contributed by atoms with van der Waals surface area (Å²) in [6.45, 7) is -0.364. The molecule has 0 radical (unpaired) electrons. The number of halogens is 3. The Balaban J connectivity index is 1.42. The average molecular weight is 567 g/mol. The van der Waals surface area contributed by atoms with Crippen molar-refractivity contribution in [1.29, 1.82) is 0 Å². The third-order valence-electron chi connectivity index (χ3n) is 6.81. The summed E-state index contributed by atoms with van der Waals surface area (Å²) in [5.41, 5.74) is 4.93. The van der Waals surface area contributed by atoms with Gasteiger partial charge in [0, 0.05) is 21.7 Å². The van der Waals surface area contributed by atoms with Crippen molar-refractivity contribution in [3.8, 4) is 39.4 Å². The zero-order valence-electron chi connectivity index (χ0n) is 21.5. The van der Waals surface area contributed by atoms with Crippen LogP contribution in [-0.4, -0.2) is 29.8 Å². The summed E-state index contributed by atoms with van der Waals surface area (Å²) >= 11 is 5.96. The number of rotatable bonds is 6. The predicted octanol–water partition coefficient (Wildman–Crippen LogP) is 7.62. The van der Waals surface area contributed by atoms with Gasteiger partial charge in [-0.25, -0.2) is 13.8 Å². The molecule has 5 nitrogen and oxygen atoms in total. The molecule has 0 saturated heterocycles. The molecule has 0 unspecified atom stereocenters. The first-order valence-electron chi connectivity index (χ1n) is 12.7. The van der Waals surface area contributed by atoms with E-state index >= 15 is 0 Å². The van der Waals surface area contributed by atoms with Crippen LogP contribution in [0, 0.1) is 11.6 Å². The van der Waals surface area contributed by atoms with E-state index < -0.39 is 0 Å². The highest BCUT2D eigenvalue weighted by atomic mass is 35.5. The molecule has 0 N–H and O–H groups in total. The van der Waals surface area contributed by atoms with Gasteiger partial charge < -0.3 is 4.74 Å². The number of anilines is 1. The summed E-state index contributed by atoms with van der Waals surface area (Å²) in [5.74, 6) is -0.850. The molecule has 1 aliphatic heterocycles. The van der Waals surface area contributed by atoms with Gasteiger partial charge in [-0.1, -0.05) is 23.7 Å². The van der Waals surface area contributed by atoms with E-state index in [4.69, 9.17) is 21.3 Å². The van der Waals surface area contributed by atoms with Crippen molar-refractivity contribution < 1.29 is 23.1 Å². The second kappa shape index (κ2) is 10.9. The second-order valence-electron chi connectivity index (χ2n) is 9.52. The van der Waals surface area contributed by atoms with Gasteiger partial charge in [0.15, 0.2) is 12.4 Å². The number of ketones is 1. The van der Waals surface area contributed by atoms with E-state index in [1.807, 2.05) is 18.2 Å². The normalized spacial score (nSPS) is 12.6. The van der Waals surface area contributed by atoms with Crippen molar-refractivity contribution in [1.82, 2.24) is 4.98 Å². The zero-order valence-corrected chi connectivity index (χ0v) is 22.2. The first-order chi connectivity index (χ1) is 19.8. The first kappa shape index (κ1) is 26.3. The fourth-order valence-corrected chi connectivity index (χ4v) is 4.79. The van der Waals surface area contributed by atoms with Crippen LogP contribution < -0.4 is 9.64 Å². The molecule has 8 heteroatoms. The van der Waals surface area contributed by atoms with Gasteiger partial charge in [0.05, 0.1) is 23.6 Å². The molecule has 1 aliphatic rings. The SMILES string of the molecule is O=C(CN1C(=O)COc2ccc(-c3cc(-c4ccc(F)cc4)cc(-c4ccc(F)cc4)n3)cc21)c1ccc(Cl)cc1. The maximum atomic E-state index is 13.7. The number of fused-ring (bicyclic) bond motifs is 1. The maximum absolute atomic E-state index is 13.7. The van der Waals surface area contributed by atoms with Crippen molar-refractivity contribution in [3.05, 3.63) is 125 Å². The van der Waals surface area contributed by atoms with E-state index in [-0.39, 0.29) is 36.5 Å². The molecule has 0 spiro atoms. The number of amides is 1. The topological polar surface area (TPSA) is 59.5 Å². The van der Waals surface area contributed by atoms with E-state index in [0.717, 1.165) is 11.1 Å². The minimum Gasteiger partial charge on any atom is -0.482 e. The van der Waals surface area contributed by atoms with Gasteiger partial charge in [0.2, 0.25) is 0 Å². The summed E-state index contributed by atoms with van der Waals surface area (Å²) < 4.78 is 33.0. The van der Waals surface area contributed by atoms with Gasteiger partial charge in [-0.2, -0.15) is 0 Å². The largest absolute Gasteiger partial charge is 0.482 e. The van der Waals surface area contributed by atoms with Gasteiger partial charge >= 0.3 is 0 Å². The highest BCUT2D eigenvalue weighted by Gasteiger charge is 2.28. The molecule has 2 heterocycles. The van der Waals surface area contributed by atoms with Gasteiger partial charge in [-0.3, -0.25) is 14.5 Å². The van der Waals surface area contributed by atoms with Crippen molar-refractivity contribution in [2.24, 2.45) is 0 Å². The lowest BCUT2D eigenvalue weighted by atomic mass is 9.99. The monoisotopic (exact) mass is 566 g/mol. The Labute approximate surface area is 239 Å². The molecule has 0 saturated carbocycles. The Kier molecular flexibility index (Phi) is 7.03. The molecule has 5 aromatic rings. The Morgan fingerprint density at radius 2 is 1.34 bits per heavy atom. The summed E-state index contributed by atoms with van der Waals surface area (Å²) in [6, 6.07) is 27.6. The summed E-state index contributed by atoms with van der Waals surface area (Å²) in [7, 11) is 0. The third-order valence-corrected chi connectivity index (χ3v) is 7.06. The number of carbonyl (C=O) groups excluding carboxylic acids is 2. The number of ether oxygens (including phenoxy) is 1. The van der Waals surface area contributed by atoms with E-state index in [2.05, 4.69) is 0 Å². The van der Waals surface area contributed by atoms with Crippen molar-refractivity contribution in [2.75, 3.05) is 18.1 Å². The van der Waals surface area contributed by atoms with E-state index in [9.17, 15) is 18.4 Å². The number of pyridine rings is 1. The summed E-state index contributed by atoms with van der Waals surface area (Å²) in [6.07, 6.45) is 0. The smallest absolute Gasteiger partial charge is 0.265 e. The Morgan fingerprint density at radius 1 is 0.756 bits per heavy atom. The minimum atomic E-state index is -0.365. The van der Waals surface area contributed by atoms with E-state index in [0.29, 0.717) is 44.5 Å². The molecular weight excluding hydrogens is 546 g/mol. The fraction of sp³-hybridized carbons (Fsp3) is 0.0606. The van der Waals surface area contributed by atoms with Crippen molar-refractivity contribution in [3.63, 3.8) is 0 Å². The minimum absolute atomic E-state index is 0.176. The lowest BCUT2D eigenvalue weighted by molar-refractivity contribution is -0.121. The number of nitrogens with zero attached hydrogens (tertiary/aromatic N) is 2. The van der Waals surface area contributed by atoms with Crippen LogP contribution in [-0.2, 0) is 4.79 Å². The maximum Gasteiger partial charge on any atom is 0.265 e. The van der Waals surface area contributed by atoms with Crippen molar-refractivity contribution >= 4 is 29.0 Å². The standard InChI is InChI=1S/C33H21ClF2N2O3/c34-25-8-1-22(2-9-25)31(39)18-38-30-17-23(7-14-32(30)41-19-33(38)40)29-16-24(20-3-10-26(35)11-4-20)15-28(37-29)21-5-12-27(36)13-6-21/h1-17H,18-19H2. The lowest BCUT2D eigenvalue weighted by Crippen LogP contribution is -2.42. The number of hydrogen-bond donors (Lipinski definition) is 0. The highest BCUT2D eigenvalue weighted by Crippen LogP contribution is 2.38. The van der Waals surface area contributed by atoms with Crippen LogP contribution >= 0.6 is 11.6 Å². The number of Topliss-reactive ketones (excluding diaryl/α,β-unsaturated/α-hetero) is 1. The molecule has 202 valence electrons. The van der Waals surface area contributed by atoms with Gasteiger partial charge in [0.25, 0.3) is 5.91 Å². The van der Waals surface area contributed by atoms with Crippen LogP contribution in [0.4, 0.5) is 14.5 Å². The summed E-state index contributed by atoms with van der Waals surface area (Å²) in [5, 5.41) is 0.509. The molecule has 4 aromatic carbocycles. The van der Waals surface area contributed by atoms with Gasteiger partial charge in [0.1, 0.15) is 17.4 Å². The molecule has 0 bridgehead atoms. The number of aromatic nitrogens is 1. The van der Waals surface area contributed by atoms with Crippen LogP contribution in [0.15, 0.2) is 103 Å². The molecule has 0 fully saturated rings. The van der Waals surface area contributed by atoms with Crippen LogP contribution in [0.3, 0.4) is 0 Å². The Morgan fingerprint density at radius 3 is 2.00 bits per heavy atom. The molecule has 41 heavy (non-hydrogen) atoms. The summed E-state index contributed by atoms with van der Waals surface area (Å²) in [4.78, 5) is 32.2. The third kappa shape index (κ3) is 5.58. The predicted molar refractivity (Wildman–Crippen MR) is 154 cm³/mol. The Bertz CT molecular complexity index is 1710.